The fourth-order valence-corrected chi connectivity index (χ4v) is 7.18. The van der Waals surface area contributed by atoms with Crippen LogP contribution in [0.25, 0.3) is 34.1 Å². The van der Waals surface area contributed by atoms with E-state index >= 15 is 0 Å². The summed E-state index contributed by atoms with van der Waals surface area (Å²) < 4.78 is 26.3. The third-order valence-electron chi connectivity index (χ3n) is 9.68. The monoisotopic (exact) mass is 752 g/mol. The first-order chi connectivity index (χ1) is 26.9. The molecule has 13 nitrogen and oxygen atoms in total. The maximum Gasteiger partial charge on any atom is 0.269 e. The molecule has 1 aliphatic carbocycles. The highest BCUT2D eigenvalue weighted by molar-refractivity contribution is 6.35. The molecule has 274 valence electrons. The van der Waals surface area contributed by atoms with E-state index in [0.29, 0.717) is 62.7 Å². The molecule has 2 aliphatic rings. The van der Waals surface area contributed by atoms with Gasteiger partial charge in [0.2, 0.25) is 0 Å². The number of ether oxygens (including phenoxy) is 4. The minimum absolute atomic E-state index is 0.210. The highest BCUT2D eigenvalue weighted by Crippen LogP contribution is 2.38. The number of halogens is 1. The summed E-state index contributed by atoms with van der Waals surface area (Å²) >= 11 is 6.82. The number of carbonyl (C=O) groups excluding carboxylic acids is 1. The number of rotatable bonds is 10. The molecular formula is C41H33ClN8O5. The molecule has 0 saturated heterocycles. The molecule has 0 unspecified atom stereocenters. The Hall–Kier alpha value is -6.86. The number of pyridine rings is 2. The highest BCUT2D eigenvalue weighted by Gasteiger charge is 2.28. The predicted octanol–water partition coefficient (Wildman–Crippen LogP) is 7.43. The molecule has 3 N–H and O–H groups in total. The number of nitrogens with zero attached hydrogens (tertiary/aromatic N) is 6. The molecule has 7 aromatic rings. The number of fused-ring (bicyclic) bond motifs is 2. The van der Waals surface area contributed by atoms with Crippen molar-refractivity contribution in [2.24, 2.45) is 0 Å². The van der Waals surface area contributed by atoms with E-state index in [0.717, 1.165) is 41.0 Å². The Labute approximate surface area is 319 Å². The largest absolute Gasteiger partial charge is 0.497 e. The second-order valence-electron chi connectivity index (χ2n) is 13.0. The highest BCUT2D eigenvalue weighted by atomic mass is 35.5. The minimum Gasteiger partial charge on any atom is -0.497 e. The third kappa shape index (κ3) is 6.44. The van der Waals surface area contributed by atoms with Crippen molar-refractivity contribution < 1.29 is 23.7 Å². The lowest BCUT2D eigenvalue weighted by molar-refractivity contribution is -0.0266. The fourth-order valence-electron chi connectivity index (χ4n) is 6.96. The van der Waals surface area contributed by atoms with Gasteiger partial charge in [0.05, 0.1) is 29.3 Å². The molecule has 0 spiro atoms. The first kappa shape index (κ1) is 33.9. The zero-order valence-corrected chi connectivity index (χ0v) is 30.2. The van der Waals surface area contributed by atoms with E-state index in [4.69, 9.17) is 46.3 Å². The number of hydrogen-bond donors (Lipinski definition) is 2. The lowest BCUT2D eigenvalue weighted by Gasteiger charge is -2.19. The van der Waals surface area contributed by atoms with Gasteiger partial charge in [-0.25, -0.2) is 19.6 Å². The number of hydrogen-bond acceptors (Lipinski definition) is 10. The van der Waals surface area contributed by atoms with Gasteiger partial charge >= 0.3 is 0 Å². The molecule has 1 aliphatic heterocycles. The summed E-state index contributed by atoms with van der Waals surface area (Å²) in [6.07, 6.45) is 8.79. The van der Waals surface area contributed by atoms with Crippen LogP contribution in [-0.2, 0) is 22.5 Å². The number of amides is 1. The molecular weight excluding hydrogens is 720 g/mol. The Morgan fingerprint density at radius 1 is 0.982 bits per heavy atom. The second-order valence-corrected chi connectivity index (χ2v) is 13.4. The van der Waals surface area contributed by atoms with Gasteiger partial charge in [0, 0.05) is 35.9 Å². The van der Waals surface area contributed by atoms with Gasteiger partial charge in [-0.3, -0.25) is 9.36 Å². The van der Waals surface area contributed by atoms with Crippen LogP contribution in [0.5, 0.6) is 11.5 Å². The zero-order valence-electron chi connectivity index (χ0n) is 29.4. The van der Waals surface area contributed by atoms with Crippen molar-refractivity contribution in [3.05, 3.63) is 149 Å². The quantitative estimate of drug-likeness (QED) is 0.144. The van der Waals surface area contributed by atoms with Crippen LogP contribution >= 0.6 is 11.6 Å². The topological polar surface area (TPSA) is 153 Å². The van der Waals surface area contributed by atoms with Crippen LogP contribution in [-0.4, -0.2) is 42.3 Å². The third-order valence-corrected chi connectivity index (χ3v) is 9.97. The van der Waals surface area contributed by atoms with Gasteiger partial charge in [-0.15, -0.1) is 0 Å². The first-order valence-electron chi connectivity index (χ1n) is 17.5. The van der Waals surface area contributed by atoms with Gasteiger partial charge in [-0.05, 0) is 90.2 Å². The van der Waals surface area contributed by atoms with Gasteiger partial charge in [0.15, 0.2) is 17.3 Å². The molecule has 0 radical (unpaired) electrons. The van der Waals surface area contributed by atoms with Gasteiger partial charge in [-0.2, -0.15) is 5.10 Å². The number of carbonyl (C=O) groups is 1. The van der Waals surface area contributed by atoms with Crippen LogP contribution < -0.4 is 20.5 Å². The van der Waals surface area contributed by atoms with Crippen LogP contribution in [0, 0.1) is 0 Å². The van der Waals surface area contributed by atoms with Crippen molar-refractivity contribution in [3.63, 3.8) is 0 Å². The number of imidazole rings is 1. The van der Waals surface area contributed by atoms with E-state index in [2.05, 4.69) is 21.5 Å². The fraction of sp³-hybridized carbons (Fsp3) is 0.146. The van der Waals surface area contributed by atoms with Crippen LogP contribution in [0.4, 0.5) is 5.82 Å². The number of nitrogens with one attached hydrogen (secondary N) is 1. The van der Waals surface area contributed by atoms with Crippen molar-refractivity contribution in [1.82, 2.24) is 34.6 Å². The molecule has 0 bridgehead atoms. The van der Waals surface area contributed by atoms with Crippen LogP contribution in [0.15, 0.2) is 116 Å². The Balaban J connectivity index is 1.01. The van der Waals surface area contributed by atoms with E-state index < -0.39 is 6.29 Å². The summed E-state index contributed by atoms with van der Waals surface area (Å²) in [5.74, 6) is 2.50. The van der Waals surface area contributed by atoms with E-state index in [1.807, 2.05) is 59.2 Å². The molecule has 9 rings (SSSR count). The molecule has 1 atom stereocenters. The lowest BCUT2D eigenvalue weighted by Crippen LogP contribution is -2.27. The SMILES string of the molecule is COc1ccc(COc2ccc(C(=O)N[C@H]3CCc4cc(-n5c(-c6cccnc6N)nc6c(Cl)cc(-n7cccn7)nc65)ccc43)cc2C2OC=CO2)cc1. The van der Waals surface area contributed by atoms with Gasteiger partial charge < -0.3 is 30.0 Å². The van der Waals surface area contributed by atoms with Crippen LogP contribution in [0.1, 0.15) is 51.4 Å². The van der Waals surface area contributed by atoms with E-state index in [1.54, 1.807) is 54.6 Å². The summed E-state index contributed by atoms with van der Waals surface area (Å²) in [7, 11) is 1.63. The normalized spacial score (nSPS) is 14.8. The molecule has 55 heavy (non-hydrogen) atoms. The Morgan fingerprint density at radius 2 is 1.84 bits per heavy atom. The second kappa shape index (κ2) is 14.2. The van der Waals surface area contributed by atoms with Gasteiger partial charge in [-0.1, -0.05) is 29.8 Å². The number of anilines is 1. The Kier molecular flexibility index (Phi) is 8.75. The number of nitrogens with two attached hydrogens (primary N) is 1. The van der Waals surface area contributed by atoms with Gasteiger partial charge in [0.25, 0.3) is 12.2 Å². The zero-order chi connectivity index (χ0) is 37.5. The van der Waals surface area contributed by atoms with E-state index in [-0.39, 0.29) is 11.9 Å². The average molecular weight is 753 g/mol. The van der Waals surface area contributed by atoms with E-state index in [1.165, 1.54) is 12.5 Å². The van der Waals surface area contributed by atoms with E-state index in [9.17, 15) is 4.79 Å². The summed E-state index contributed by atoms with van der Waals surface area (Å²) in [6, 6.07) is 26.0. The predicted molar refractivity (Wildman–Crippen MR) is 205 cm³/mol. The van der Waals surface area contributed by atoms with Crippen molar-refractivity contribution in [1.29, 1.82) is 0 Å². The number of aromatic nitrogens is 6. The molecule has 0 fully saturated rings. The summed E-state index contributed by atoms with van der Waals surface area (Å²) in [5.41, 5.74) is 13.0. The summed E-state index contributed by atoms with van der Waals surface area (Å²) in [5, 5.41) is 8.01. The first-order valence-corrected chi connectivity index (χ1v) is 17.9. The average Bonchev–Trinajstić information content (AvgIpc) is 4.05. The molecule has 1 amide bonds. The van der Waals surface area contributed by atoms with Crippen molar-refractivity contribution in [2.75, 3.05) is 12.8 Å². The van der Waals surface area contributed by atoms with Crippen molar-refractivity contribution >= 4 is 34.5 Å². The minimum atomic E-state index is -0.740. The Bertz CT molecular complexity index is 2580. The van der Waals surface area contributed by atoms with Crippen molar-refractivity contribution in [3.8, 4) is 34.4 Å². The molecule has 3 aromatic carbocycles. The Morgan fingerprint density at radius 3 is 2.62 bits per heavy atom. The van der Waals surface area contributed by atoms with Gasteiger partial charge in [0.1, 0.15) is 42.0 Å². The standard InChI is InChI=1S/C41H33ClN8O5/c1-52-28-10-5-24(6-11-28)23-55-34-14-8-26(21-31(34)41-53-18-19-54-41)40(51)46-33-13-7-25-20-27(9-12-29(25)33)50-38(30-4-2-15-44-37(30)43)48-36-32(42)22-35(47-39(36)50)49-17-3-16-45-49/h2-6,8-12,14-22,33,41H,7,13,23H2,1H3,(H2,43,44)(H,46,51)/t33-/m0/s1. The lowest BCUT2D eigenvalue weighted by atomic mass is 10.1. The smallest absolute Gasteiger partial charge is 0.269 e. The molecule has 0 saturated carbocycles. The molecule has 4 aromatic heterocycles. The number of aryl methyl sites for hydroxylation is 1. The number of methoxy groups -OCH3 is 1. The van der Waals surface area contributed by atoms with Crippen LogP contribution in [0.3, 0.4) is 0 Å². The molecule has 5 heterocycles. The van der Waals surface area contributed by atoms with Crippen molar-refractivity contribution in [2.45, 2.75) is 31.8 Å². The summed E-state index contributed by atoms with van der Waals surface area (Å²) in [6.45, 7) is 0.310. The molecule has 14 heteroatoms. The maximum absolute atomic E-state index is 13.8. The van der Waals surface area contributed by atoms with Crippen LogP contribution in [0.2, 0.25) is 5.02 Å². The number of nitrogen functional groups attached to an aromatic ring is 1. The number of benzene rings is 3. The summed E-state index contributed by atoms with van der Waals surface area (Å²) in [4.78, 5) is 28.0. The maximum atomic E-state index is 13.8.